The molecule has 0 bridgehead atoms. The van der Waals surface area contributed by atoms with Gasteiger partial charge in [-0.2, -0.15) is 11.8 Å². The number of nitrogens with one attached hydrogen (secondary N) is 1. The van der Waals surface area contributed by atoms with Crippen LogP contribution in [-0.4, -0.2) is 18.1 Å². The molecule has 2 rings (SSSR count). The summed E-state index contributed by atoms with van der Waals surface area (Å²) >= 11 is 1.93. The summed E-state index contributed by atoms with van der Waals surface area (Å²) in [6.45, 7) is 3.32. The summed E-state index contributed by atoms with van der Waals surface area (Å²) in [5, 5.41) is 4.41. The SMILES string of the molecule is CSC(C)CCNC(c1ccccc1)c1ccccc1. The van der Waals surface area contributed by atoms with Crippen molar-refractivity contribution >= 4 is 11.8 Å². The summed E-state index contributed by atoms with van der Waals surface area (Å²) in [6.07, 6.45) is 3.37. The van der Waals surface area contributed by atoms with E-state index in [4.69, 9.17) is 0 Å². The van der Waals surface area contributed by atoms with Crippen LogP contribution in [0.1, 0.15) is 30.5 Å². The maximum absolute atomic E-state index is 3.70. The van der Waals surface area contributed by atoms with Crippen LogP contribution in [0.4, 0.5) is 0 Å². The third kappa shape index (κ3) is 4.39. The van der Waals surface area contributed by atoms with E-state index in [-0.39, 0.29) is 6.04 Å². The minimum absolute atomic E-state index is 0.284. The third-order valence-electron chi connectivity index (χ3n) is 3.57. The van der Waals surface area contributed by atoms with E-state index in [1.54, 1.807) is 0 Å². The Morgan fingerprint density at radius 1 is 0.900 bits per heavy atom. The van der Waals surface area contributed by atoms with Gasteiger partial charge in [-0.1, -0.05) is 67.6 Å². The monoisotopic (exact) mass is 285 g/mol. The second-order valence-electron chi connectivity index (χ2n) is 5.04. The third-order valence-corrected chi connectivity index (χ3v) is 4.61. The Morgan fingerprint density at radius 2 is 1.40 bits per heavy atom. The smallest absolute Gasteiger partial charge is 0.0576 e. The van der Waals surface area contributed by atoms with E-state index in [9.17, 15) is 0 Å². The van der Waals surface area contributed by atoms with Gasteiger partial charge in [0.25, 0.3) is 0 Å². The number of hydrogen-bond donors (Lipinski definition) is 1. The Bertz CT molecular complexity index is 444. The van der Waals surface area contributed by atoms with Gasteiger partial charge in [-0.05, 0) is 30.3 Å². The van der Waals surface area contributed by atoms with E-state index >= 15 is 0 Å². The van der Waals surface area contributed by atoms with Crippen LogP contribution in [0.5, 0.6) is 0 Å². The molecular formula is C18H23NS. The van der Waals surface area contributed by atoms with Gasteiger partial charge in [-0.25, -0.2) is 0 Å². The van der Waals surface area contributed by atoms with Gasteiger partial charge in [0, 0.05) is 5.25 Å². The molecule has 0 saturated heterocycles. The summed E-state index contributed by atoms with van der Waals surface area (Å²) in [7, 11) is 0. The van der Waals surface area contributed by atoms with Crippen LogP contribution in [0, 0.1) is 0 Å². The van der Waals surface area contributed by atoms with Crippen molar-refractivity contribution in [2.75, 3.05) is 12.8 Å². The maximum atomic E-state index is 3.70. The first kappa shape index (κ1) is 15.1. The van der Waals surface area contributed by atoms with Crippen molar-refractivity contribution in [1.82, 2.24) is 5.32 Å². The van der Waals surface area contributed by atoms with Gasteiger partial charge in [0.1, 0.15) is 0 Å². The summed E-state index contributed by atoms with van der Waals surface area (Å²) < 4.78 is 0. The number of benzene rings is 2. The van der Waals surface area contributed by atoms with Crippen molar-refractivity contribution in [3.63, 3.8) is 0 Å². The molecule has 2 aromatic carbocycles. The van der Waals surface area contributed by atoms with Crippen LogP contribution < -0.4 is 5.32 Å². The molecule has 0 fully saturated rings. The fraction of sp³-hybridized carbons (Fsp3) is 0.333. The fourth-order valence-corrected chi connectivity index (χ4v) is 2.62. The van der Waals surface area contributed by atoms with E-state index in [1.807, 2.05) is 11.8 Å². The highest BCUT2D eigenvalue weighted by atomic mass is 32.2. The quantitative estimate of drug-likeness (QED) is 0.803. The van der Waals surface area contributed by atoms with Gasteiger partial charge in [-0.3, -0.25) is 0 Å². The van der Waals surface area contributed by atoms with Crippen LogP contribution in [0.15, 0.2) is 60.7 Å². The number of hydrogen-bond acceptors (Lipinski definition) is 2. The first-order chi connectivity index (χ1) is 9.81. The van der Waals surface area contributed by atoms with Gasteiger partial charge in [0.05, 0.1) is 6.04 Å². The zero-order valence-corrected chi connectivity index (χ0v) is 13.1. The maximum Gasteiger partial charge on any atom is 0.0576 e. The van der Waals surface area contributed by atoms with Crippen LogP contribution >= 0.6 is 11.8 Å². The molecule has 0 aliphatic rings. The lowest BCUT2D eigenvalue weighted by Crippen LogP contribution is -2.25. The summed E-state index contributed by atoms with van der Waals surface area (Å²) in [5.41, 5.74) is 2.66. The molecule has 0 spiro atoms. The average molecular weight is 285 g/mol. The predicted octanol–water partition coefficient (Wildman–Crippen LogP) is 4.51. The summed E-state index contributed by atoms with van der Waals surface area (Å²) in [6, 6.07) is 21.6. The number of thioether (sulfide) groups is 1. The molecule has 0 aliphatic carbocycles. The van der Waals surface area contributed by atoms with Crippen molar-refractivity contribution in [2.24, 2.45) is 0 Å². The molecule has 0 aromatic heterocycles. The Morgan fingerprint density at radius 3 is 1.85 bits per heavy atom. The van der Waals surface area contributed by atoms with E-state index in [1.165, 1.54) is 17.5 Å². The second kappa shape index (κ2) is 8.13. The Labute approximate surface area is 126 Å². The molecule has 0 aliphatic heterocycles. The van der Waals surface area contributed by atoms with E-state index in [2.05, 4.69) is 79.2 Å². The number of rotatable bonds is 7. The Balaban J connectivity index is 2.09. The lowest BCUT2D eigenvalue weighted by molar-refractivity contribution is 0.583. The first-order valence-electron chi connectivity index (χ1n) is 7.17. The van der Waals surface area contributed by atoms with Crippen molar-refractivity contribution < 1.29 is 0 Å². The predicted molar refractivity (Wildman–Crippen MR) is 90.3 cm³/mol. The molecule has 1 N–H and O–H groups in total. The van der Waals surface area contributed by atoms with Gasteiger partial charge in [0.2, 0.25) is 0 Å². The summed E-state index contributed by atoms with van der Waals surface area (Å²) in [4.78, 5) is 0. The zero-order valence-electron chi connectivity index (χ0n) is 12.3. The first-order valence-corrected chi connectivity index (χ1v) is 8.46. The highest BCUT2D eigenvalue weighted by Gasteiger charge is 2.12. The topological polar surface area (TPSA) is 12.0 Å². The molecule has 0 radical (unpaired) electrons. The zero-order chi connectivity index (χ0) is 14.2. The molecule has 0 saturated carbocycles. The second-order valence-corrected chi connectivity index (χ2v) is 6.32. The summed E-state index contributed by atoms with van der Waals surface area (Å²) in [5.74, 6) is 0. The van der Waals surface area contributed by atoms with Crippen molar-refractivity contribution in [1.29, 1.82) is 0 Å². The van der Waals surface area contributed by atoms with Gasteiger partial charge in [0.15, 0.2) is 0 Å². The van der Waals surface area contributed by atoms with E-state index in [0.29, 0.717) is 5.25 Å². The minimum atomic E-state index is 0.284. The van der Waals surface area contributed by atoms with Gasteiger partial charge in [-0.15, -0.1) is 0 Å². The molecule has 2 aromatic rings. The van der Waals surface area contributed by atoms with Crippen molar-refractivity contribution in [3.8, 4) is 0 Å². The molecule has 1 unspecified atom stereocenters. The molecule has 0 amide bonds. The fourth-order valence-electron chi connectivity index (χ4n) is 2.27. The lowest BCUT2D eigenvalue weighted by atomic mass is 9.98. The molecule has 1 atom stereocenters. The molecule has 20 heavy (non-hydrogen) atoms. The van der Waals surface area contributed by atoms with Crippen LogP contribution in [-0.2, 0) is 0 Å². The van der Waals surface area contributed by atoms with Gasteiger partial charge < -0.3 is 5.32 Å². The Kier molecular flexibility index (Phi) is 6.16. The molecular weight excluding hydrogens is 262 g/mol. The highest BCUT2D eigenvalue weighted by molar-refractivity contribution is 7.99. The van der Waals surface area contributed by atoms with Gasteiger partial charge >= 0.3 is 0 Å². The lowest BCUT2D eigenvalue weighted by Gasteiger charge is -2.20. The van der Waals surface area contributed by atoms with Crippen molar-refractivity contribution in [2.45, 2.75) is 24.6 Å². The molecule has 2 heteroatoms. The minimum Gasteiger partial charge on any atom is -0.306 e. The average Bonchev–Trinajstić information content (AvgIpc) is 2.53. The van der Waals surface area contributed by atoms with E-state index < -0.39 is 0 Å². The van der Waals surface area contributed by atoms with Crippen LogP contribution in [0.3, 0.4) is 0 Å². The molecule has 106 valence electrons. The normalized spacial score (nSPS) is 12.6. The highest BCUT2D eigenvalue weighted by Crippen LogP contribution is 2.22. The standard InChI is InChI=1S/C18H23NS/c1-15(20-2)13-14-19-18(16-9-5-3-6-10-16)17-11-7-4-8-12-17/h3-12,15,18-19H,13-14H2,1-2H3. The Hall–Kier alpha value is -1.25. The van der Waals surface area contributed by atoms with Crippen LogP contribution in [0.25, 0.3) is 0 Å². The molecule has 1 nitrogen and oxygen atoms in total. The largest absolute Gasteiger partial charge is 0.306 e. The van der Waals surface area contributed by atoms with Crippen molar-refractivity contribution in [3.05, 3.63) is 71.8 Å². The molecule has 0 heterocycles. The van der Waals surface area contributed by atoms with E-state index in [0.717, 1.165) is 6.54 Å². The van der Waals surface area contributed by atoms with Crippen LogP contribution in [0.2, 0.25) is 0 Å².